The highest BCUT2D eigenvalue weighted by molar-refractivity contribution is 7.89. The molecule has 0 atom stereocenters. The summed E-state index contributed by atoms with van der Waals surface area (Å²) in [6.07, 6.45) is 0. The Morgan fingerprint density at radius 2 is 1.88 bits per heavy atom. The van der Waals surface area contributed by atoms with E-state index in [4.69, 9.17) is 4.74 Å². The molecule has 0 bridgehead atoms. The highest BCUT2D eigenvalue weighted by atomic mass is 32.2. The van der Waals surface area contributed by atoms with Crippen molar-refractivity contribution in [3.05, 3.63) is 65.4 Å². The standard InChI is InChI=1S/C18H16N2O4S/c1-12-6-8-13(9-7-12)25(22,23)20-16(10-21)15-11-24-17-5-3-2-4-14(17)18(15)19-20/h2-9,21H,10-11H2,1H3. The Labute approximate surface area is 145 Å². The number of ether oxygens (including phenoxy) is 1. The van der Waals surface area contributed by atoms with Gasteiger partial charge < -0.3 is 9.84 Å². The molecule has 0 fully saturated rings. The van der Waals surface area contributed by atoms with Gasteiger partial charge >= 0.3 is 0 Å². The molecule has 2 heterocycles. The predicted molar refractivity (Wildman–Crippen MR) is 91.7 cm³/mol. The second kappa shape index (κ2) is 5.72. The summed E-state index contributed by atoms with van der Waals surface area (Å²) in [6, 6.07) is 13.9. The highest BCUT2D eigenvalue weighted by Crippen LogP contribution is 2.38. The Morgan fingerprint density at radius 1 is 1.16 bits per heavy atom. The summed E-state index contributed by atoms with van der Waals surface area (Å²) in [5, 5.41) is 14.1. The molecule has 128 valence electrons. The van der Waals surface area contributed by atoms with Crippen molar-refractivity contribution in [3.63, 3.8) is 0 Å². The maximum Gasteiger partial charge on any atom is 0.283 e. The number of para-hydroxylation sites is 1. The molecule has 6 nitrogen and oxygen atoms in total. The van der Waals surface area contributed by atoms with E-state index in [1.165, 1.54) is 12.1 Å². The molecule has 1 aliphatic heterocycles. The smallest absolute Gasteiger partial charge is 0.283 e. The van der Waals surface area contributed by atoms with Crippen molar-refractivity contribution in [2.24, 2.45) is 0 Å². The molecule has 1 aliphatic rings. The van der Waals surface area contributed by atoms with Gasteiger partial charge in [-0.2, -0.15) is 17.6 Å². The van der Waals surface area contributed by atoms with E-state index < -0.39 is 16.6 Å². The van der Waals surface area contributed by atoms with E-state index >= 15 is 0 Å². The molecule has 0 saturated heterocycles. The molecule has 0 unspecified atom stereocenters. The summed E-state index contributed by atoms with van der Waals surface area (Å²) in [6.45, 7) is 1.61. The van der Waals surface area contributed by atoms with Crippen LogP contribution in [0.25, 0.3) is 11.3 Å². The number of benzene rings is 2. The van der Waals surface area contributed by atoms with E-state index in [9.17, 15) is 13.5 Å². The average Bonchev–Trinajstić information content (AvgIpc) is 3.02. The zero-order valence-electron chi connectivity index (χ0n) is 13.5. The Hall–Kier alpha value is -2.64. The van der Waals surface area contributed by atoms with Gasteiger partial charge in [0.05, 0.1) is 17.2 Å². The van der Waals surface area contributed by atoms with Gasteiger partial charge in [-0.25, -0.2) is 0 Å². The number of aromatic nitrogens is 2. The topological polar surface area (TPSA) is 81.4 Å². The summed E-state index contributed by atoms with van der Waals surface area (Å²) in [5.41, 5.74) is 3.03. The molecule has 1 aromatic heterocycles. The van der Waals surface area contributed by atoms with Crippen molar-refractivity contribution in [1.82, 2.24) is 9.19 Å². The Morgan fingerprint density at radius 3 is 2.60 bits per heavy atom. The lowest BCUT2D eigenvalue weighted by Gasteiger charge is -2.16. The van der Waals surface area contributed by atoms with E-state index in [0.29, 0.717) is 17.0 Å². The van der Waals surface area contributed by atoms with Crippen LogP contribution in [0.5, 0.6) is 5.75 Å². The fourth-order valence-corrected chi connectivity index (χ4v) is 4.26. The first-order valence-electron chi connectivity index (χ1n) is 7.78. The molecule has 0 amide bonds. The van der Waals surface area contributed by atoms with Crippen LogP contribution in [0.4, 0.5) is 0 Å². The lowest BCUT2D eigenvalue weighted by molar-refractivity contribution is 0.263. The first-order valence-corrected chi connectivity index (χ1v) is 9.22. The van der Waals surface area contributed by atoms with Gasteiger partial charge in [-0.3, -0.25) is 0 Å². The van der Waals surface area contributed by atoms with Gasteiger partial charge in [-0.05, 0) is 31.2 Å². The van der Waals surface area contributed by atoms with Crippen LogP contribution in [0.15, 0.2) is 53.4 Å². The molecular weight excluding hydrogens is 340 g/mol. The summed E-state index contributed by atoms with van der Waals surface area (Å²) in [4.78, 5) is 0.127. The molecule has 0 radical (unpaired) electrons. The molecular formula is C18H16N2O4S. The van der Waals surface area contributed by atoms with Gasteiger partial charge in [-0.1, -0.05) is 29.8 Å². The minimum atomic E-state index is -3.91. The second-order valence-electron chi connectivity index (χ2n) is 5.88. The number of fused-ring (bicyclic) bond motifs is 3. The lowest BCUT2D eigenvalue weighted by atomic mass is 10.0. The summed E-state index contributed by atoms with van der Waals surface area (Å²) < 4.78 is 32.6. The zero-order valence-corrected chi connectivity index (χ0v) is 14.3. The van der Waals surface area contributed by atoms with E-state index in [1.807, 2.05) is 31.2 Å². The SMILES string of the molecule is Cc1ccc(S(=O)(=O)n2nc3c(c2CO)COc2ccccc2-3)cc1. The first-order chi connectivity index (χ1) is 12.0. The minimum Gasteiger partial charge on any atom is -0.488 e. The third kappa shape index (κ3) is 2.43. The molecule has 25 heavy (non-hydrogen) atoms. The zero-order chi connectivity index (χ0) is 17.6. The van der Waals surface area contributed by atoms with Gasteiger partial charge in [-0.15, -0.1) is 0 Å². The second-order valence-corrected chi connectivity index (χ2v) is 7.65. The van der Waals surface area contributed by atoms with Crippen molar-refractivity contribution in [2.45, 2.75) is 25.0 Å². The maximum absolute atomic E-state index is 13.0. The first kappa shape index (κ1) is 15.9. The van der Waals surface area contributed by atoms with Crippen LogP contribution in [0.3, 0.4) is 0 Å². The molecule has 0 aliphatic carbocycles. The Bertz CT molecular complexity index is 1050. The largest absolute Gasteiger partial charge is 0.488 e. The van der Waals surface area contributed by atoms with Crippen LogP contribution in [0.2, 0.25) is 0 Å². The fraction of sp³-hybridized carbons (Fsp3) is 0.167. The molecule has 0 saturated carbocycles. The lowest BCUT2D eigenvalue weighted by Crippen LogP contribution is -2.18. The predicted octanol–water partition coefficient (Wildman–Crippen LogP) is 2.48. The van der Waals surface area contributed by atoms with Crippen molar-refractivity contribution in [3.8, 4) is 17.0 Å². The Kier molecular flexibility index (Phi) is 3.63. The summed E-state index contributed by atoms with van der Waals surface area (Å²) >= 11 is 0. The molecule has 3 aromatic rings. The normalized spacial score (nSPS) is 13.0. The third-order valence-electron chi connectivity index (χ3n) is 4.27. The van der Waals surface area contributed by atoms with Gasteiger partial charge in [0.15, 0.2) is 0 Å². The maximum atomic E-state index is 13.0. The van der Waals surface area contributed by atoms with Crippen LogP contribution >= 0.6 is 0 Å². The minimum absolute atomic E-state index is 0.127. The van der Waals surface area contributed by atoms with Gasteiger partial charge in [0.1, 0.15) is 18.1 Å². The van der Waals surface area contributed by atoms with Gasteiger partial charge in [0.2, 0.25) is 0 Å². The van der Waals surface area contributed by atoms with Crippen molar-refractivity contribution in [2.75, 3.05) is 0 Å². The molecule has 1 N–H and O–H groups in total. The molecule has 4 rings (SSSR count). The summed E-state index contributed by atoms with van der Waals surface area (Å²) in [7, 11) is -3.91. The van der Waals surface area contributed by atoms with E-state index in [0.717, 1.165) is 15.2 Å². The molecule has 0 spiro atoms. The number of rotatable bonds is 3. The Balaban J connectivity index is 1.93. The molecule has 2 aromatic carbocycles. The van der Waals surface area contributed by atoms with Gasteiger partial charge in [0.25, 0.3) is 10.0 Å². The van der Waals surface area contributed by atoms with Crippen LogP contribution in [-0.4, -0.2) is 22.7 Å². The van der Waals surface area contributed by atoms with Crippen molar-refractivity contribution < 1.29 is 18.3 Å². The number of nitrogens with zero attached hydrogens (tertiary/aromatic N) is 2. The molecule has 7 heteroatoms. The van der Waals surface area contributed by atoms with Crippen molar-refractivity contribution >= 4 is 10.0 Å². The van der Waals surface area contributed by atoms with E-state index in [2.05, 4.69) is 5.10 Å². The van der Waals surface area contributed by atoms with Crippen LogP contribution < -0.4 is 4.74 Å². The van der Waals surface area contributed by atoms with Crippen LogP contribution in [0.1, 0.15) is 16.8 Å². The van der Waals surface area contributed by atoms with E-state index in [-0.39, 0.29) is 17.2 Å². The third-order valence-corrected chi connectivity index (χ3v) is 5.89. The van der Waals surface area contributed by atoms with Crippen LogP contribution in [0, 0.1) is 6.92 Å². The number of aryl methyl sites for hydroxylation is 1. The quantitative estimate of drug-likeness (QED) is 0.780. The van der Waals surface area contributed by atoms with Crippen molar-refractivity contribution in [1.29, 1.82) is 0 Å². The van der Waals surface area contributed by atoms with E-state index in [1.54, 1.807) is 12.1 Å². The fourth-order valence-electron chi connectivity index (χ4n) is 2.93. The highest BCUT2D eigenvalue weighted by Gasteiger charge is 2.30. The number of hydrogen-bond donors (Lipinski definition) is 1. The van der Waals surface area contributed by atoms with Crippen LogP contribution in [-0.2, 0) is 23.2 Å². The van der Waals surface area contributed by atoms with Gasteiger partial charge in [0, 0.05) is 11.1 Å². The summed E-state index contributed by atoms with van der Waals surface area (Å²) in [5.74, 6) is 0.650. The number of aliphatic hydroxyl groups excluding tert-OH is 1. The number of aliphatic hydroxyl groups is 1. The number of hydrogen-bond acceptors (Lipinski definition) is 5. The average molecular weight is 356 g/mol. The monoisotopic (exact) mass is 356 g/mol.